The van der Waals surface area contributed by atoms with Crippen LogP contribution >= 0.6 is 11.3 Å². The lowest BCUT2D eigenvalue weighted by Gasteiger charge is -1.98. The smallest absolute Gasteiger partial charge is 0.135 e. The summed E-state index contributed by atoms with van der Waals surface area (Å²) >= 11 is 1.74. The molecule has 2 heterocycles. The molecule has 3 aromatic rings. The first-order valence-corrected chi connectivity index (χ1v) is 7.75. The number of aryl methyl sites for hydroxylation is 1. The van der Waals surface area contributed by atoms with E-state index in [1.807, 2.05) is 31.3 Å². The van der Waals surface area contributed by atoms with Crippen LogP contribution in [0.5, 0.6) is 0 Å². The second-order valence-corrected chi connectivity index (χ2v) is 5.95. The molecule has 104 valence electrons. The number of furan rings is 1. The Morgan fingerprint density at radius 2 is 2.15 bits per heavy atom. The molecule has 0 aliphatic carbocycles. The highest BCUT2D eigenvalue weighted by molar-refractivity contribution is 7.15. The van der Waals surface area contributed by atoms with Crippen molar-refractivity contribution in [2.24, 2.45) is 0 Å². The lowest BCUT2D eigenvalue weighted by atomic mass is 10.1. The second-order valence-electron chi connectivity index (χ2n) is 4.84. The number of benzene rings is 1. The van der Waals surface area contributed by atoms with Crippen molar-refractivity contribution in [2.45, 2.75) is 26.8 Å². The third-order valence-corrected chi connectivity index (χ3v) is 4.28. The molecule has 20 heavy (non-hydrogen) atoms. The minimum atomic E-state index is 0.889. The van der Waals surface area contributed by atoms with Gasteiger partial charge in [-0.25, -0.2) is 4.98 Å². The largest absolute Gasteiger partial charge is 0.461 e. The van der Waals surface area contributed by atoms with Gasteiger partial charge in [0.25, 0.3) is 0 Å². The van der Waals surface area contributed by atoms with Crippen LogP contribution in [-0.4, -0.2) is 11.5 Å². The van der Waals surface area contributed by atoms with E-state index in [9.17, 15) is 0 Å². The lowest BCUT2D eigenvalue weighted by Crippen LogP contribution is -2.12. The van der Waals surface area contributed by atoms with Crippen LogP contribution in [0.2, 0.25) is 0 Å². The van der Waals surface area contributed by atoms with E-state index in [2.05, 4.69) is 23.3 Å². The number of rotatable bonds is 5. The molecule has 1 N–H and O–H groups in total. The lowest BCUT2D eigenvalue weighted by molar-refractivity contribution is 0.580. The predicted molar refractivity (Wildman–Crippen MR) is 84.1 cm³/mol. The van der Waals surface area contributed by atoms with Crippen molar-refractivity contribution in [2.75, 3.05) is 6.54 Å². The summed E-state index contributed by atoms with van der Waals surface area (Å²) in [6.45, 7) is 6.11. The molecule has 0 aliphatic heterocycles. The fraction of sp³-hybridized carbons (Fsp3) is 0.312. The van der Waals surface area contributed by atoms with Crippen LogP contribution in [-0.2, 0) is 6.54 Å². The van der Waals surface area contributed by atoms with Gasteiger partial charge in [0.2, 0.25) is 0 Å². The first-order valence-electron chi connectivity index (χ1n) is 6.93. The first kappa shape index (κ1) is 13.3. The molecule has 2 aromatic heterocycles. The average molecular weight is 286 g/mol. The molecule has 0 saturated heterocycles. The zero-order chi connectivity index (χ0) is 13.9. The summed E-state index contributed by atoms with van der Waals surface area (Å²) in [5, 5.41) is 5.60. The molecule has 3 nitrogen and oxygen atoms in total. The zero-order valence-corrected chi connectivity index (χ0v) is 12.6. The number of nitrogens with one attached hydrogen (secondary N) is 1. The quantitative estimate of drug-likeness (QED) is 0.708. The van der Waals surface area contributed by atoms with E-state index in [1.54, 1.807) is 11.3 Å². The van der Waals surface area contributed by atoms with Gasteiger partial charge in [0.15, 0.2) is 0 Å². The van der Waals surface area contributed by atoms with E-state index in [4.69, 9.17) is 4.42 Å². The van der Waals surface area contributed by atoms with Crippen LogP contribution in [0.4, 0.5) is 0 Å². The van der Waals surface area contributed by atoms with Gasteiger partial charge in [0, 0.05) is 23.0 Å². The van der Waals surface area contributed by atoms with Crippen molar-refractivity contribution in [1.29, 1.82) is 0 Å². The van der Waals surface area contributed by atoms with Crippen LogP contribution in [0.25, 0.3) is 21.5 Å². The molecule has 0 atom stereocenters. The van der Waals surface area contributed by atoms with Crippen LogP contribution in [0, 0.1) is 6.92 Å². The van der Waals surface area contributed by atoms with Gasteiger partial charge in [0.1, 0.15) is 16.4 Å². The van der Waals surface area contributed by atoms with Crippen molar-refractivity contribution in [3.8, 4) is 10.6 Å². The van der Waals surface area contributed by atoms with E-state index >= 15 is 0 Å². The van der Waals surface area contributed by atoms with Gasteiger partial charge < -0.3 is 9.73 Å². The summed E-state index contributed by atoms with van der Waals surface area (Å²) < 4.78 is 5.81. The molecule has 0 aliphatic rings. The number of aromatic nitrogens is 1. The maximum atomic E-state index is 5.81. The topological polar surface area (TPSA) is 38.1 Å². The fourth-order valence-corrected chi connectivity index (χ4v) is 3.32. The van der Waals surface area contributed by atoms with E-state index < -0.39 is 0 Å². The summed E-state index contributed by atoms with van der Waals surface area (Å²) in [5.74, 6) is 0.939. The van der Waals surface area contributed by atoms with Gasteiger partial charge in [-0.3, -0.25) is 0 Å². The summed E-state index contributed by atoms with van der Waals surface area (Å²) in [6, 6.07) is 8.13. The number of thiazole rings is 1. The highest BCUT2D eigenvalue weighted by atomic mass is 32.1. The van der Waals surface area contributed by atoms with Crippen LogP contribution in [0.1, 0.15) is 24.0 Å². The normalized spacial score (nSPS) is 11.3. The number of hydrogen-bond donors (Lipinski definition) is 1. The van der Waals surface area contributed by atoms with Gasteiger partial charge in [-0.15, -0.1) is 11.3 Å². The molecule has 0 radical (unpaired) electrons. The molecule has 0 fully saturated rings. The summed E-state index contributed by atoms with van der Waals surface area (Å²) in [5.41, 5.74) is 2.06. The highest BCUT2D eigenvalue weighted by Gasteiger charge is 2.15. The summed E-state index contributed by atoms with van der Waals surface area (Å²) in [6.07, 6.45) is 3.11. The Morgan fingerprint density at radius 3 is 3.00 bits per heavy atom. The number of hydrogen-bond acceptors (Lipinski definition) is 4. The third-order valence-electron chi connectivity index (χ3n) is 3.26. The number of nitrogens with zero attached hydrogens (tertiary/aromatic N) is 1. The van der Waals surface area contributed by atoms with E-state index in [0.29, 0.717) is 0 Å². The molecule has 0 unspecified atom stereocenters. The zero-order valence-electron chi connectivity index (χ0n) is 11.8. The van der Waals surface area contributed by atoms with Gasteiger partial charge in [0.05, 0.1) is 5.56 Å². The molecule has 0 bridgehead atoms. The Labute approximate surface area is 122 Å². The maximum Gasteiger partial charge on any atom is 0.135 e. The Hall–Kier alpha value is -1.65. The highest BCUT2D eigenvalue weighted by Crippen LogP contribution is 2.36. The molecule has 0 saturated carbocycles. The molecular formula is C16H18N2OS. The van der Waals surface area contributed by atoms with Crippen molar-refractivity contribution < 1.29 is 4.42 Å². The van der Waals surface area contributed by atoms with Crippen LogP contribution in [0.3, 0.4) is 0 Å². The van der Waals surface area contributed by atoms with Gasteiger partial charge in [-0.05, 0) is 26.0 Å². The van der Waals surface area contributed by atoms with E-state index in [1.165, 1.54) is 4.88 Å². The van der Waals surface area contributed by atoms with E-state index in [0.717, 1.165) is 46.8 Å². The standard InChI is InChI=1S/C16H18N2OS/c1-3-8-17-9-12-10-18-16(20-12)15-11(2)19-14-7-5-4-6-13(14)15/h4-7,10,17H,3,8-9H2,1-2H3. The first-order chi connectivity index (χ1) is 9.79. The molecule has 3 rings (SSSR count). The fourth-order valence-electron chi connectivity index (χ4n) is 2.33. The van der Waals surface area contributed by atoms with Crippen molar-refractivity contribution in [3.63, 3.8) is 0 Å². The second kappa shape index (κ2) is 5.77. The third kappa shape index (κ3) is 2.49. The van der Waals surface area contributed by atoms with Crippen molar-refractivity contribution in [3.05, 3.63) is 41.1 Å². The number of para-hydroxylation sites is 1. The van der Waals surface area contributed by atoms with E-state index in [-0.39, 0.29) is 0 Å². The monoisotopic (exact) mass is 286 g/mol. The van der Waals surface area contributed by atoms with Gasteiger partial charge in [-0.2, -0.15) is 0 Å². The maximum absolute atomic E-state index is 5.81. The average Bonchev–Trinajstić information content (AvgIpc) is 3.02. The molecule has 1 aromatic carbocycles. The van der Waals surface area contributed by atoms with Gasteiger partial charge in [-0.1, -0.05) is 25.1 Å². The van der Waals surface area contributed by atoms with Crippen molar-refractivity contribution in [1.82, 2.24) is 10.3 Å². The Kier molecular flexibility index (Phi) is 3.85. The predicted octanol–water partition coefficient (Wildman–Crippen LogP) is 4.36. The van der Waals surface area contributed by atoms with Crippen LogP contribution < -0.4 is 5.32 Å². The summed E-state index contributed by atoms with van der Waals surface area (Å²) in [7, 11) is 0. The molecule has 0 amide bonds. The number of fused-ring (bicyclic) bond motifs is 1. The molecule has 4 heteroatoms. The minimum absolute atomic E-state index is 0.889. The SMILES string of the molecule is CCCNCc1cnc(-c2c(C)oc3ccccc23)s1. The molecule has 0 spiro atoms. The minimum Gasteiger partial charge on any atom is -0.461 e. The Balaban J connectivity index is 1.93. The van der Waals surface area contributed by atoms with Gasteiger partial charge >= 0.3 is 0 Å². The Bertz CT molecular complexity index is 714. The molecular weight excluding hydrogens is 268 g/mol. The summed E-state index contributed by atoms with van der Waals surface area (Å²) in [4.78, 5) is 5.83. The van der Waals surface area contributed by atoms with Crippen LogP contribution in [0.15, 0.2) is 34.9 Å². The Morgan fingerprint density at radius 1 is 1.30 bits per heavy atom. The van der Waals surface area contributed by atoms with Crippen molar-refractivity contribution >= 4 is 22.3 Å².